The van der Waals surface area contributed by atoms with Crippen LogP contribution < -0.4 is 4.89 Å². The molecule has 1 aliphatic rings. The summed E-state index contributed by atoms with van der Waals surface area (Å²) in [5.74, 6) is 0. The summed E-state index contributed by atoms with van der Waals surface area (Å²) in [5, 5.41) is 2.68. The molecule has 0 amide bonds. The van der Waals surface area contributed by atoms with Gasteiger partial charge in [-0.3, -0.25) is 0 Å². The predicted octanol–water partition coefficient (Wildman–Crippen LogP) is 0.444. The van der Waals surface area contributed by atoms with Crippen LogP contribution in [0.3, 0.4) is 0 Å². The molecule has 0 saturated carbocycles. The highest BCUT2D eigenvalue weighted by atomic mass is 32.2. The summed E-state index contributed by atoms with van der Waals surface area (Å²) in [5.41, 5.74) is 0. The van der Waals surface area contributed by atoms with Gasteiger partial charge in [0.25, 0.3) is 0 Å². The smallest absolute Gasteiger partial charge is 0.128 e. The molecule has 0 aromatic heterocycles. The molecular weight excluding hydrogens is 86.1 g/mol. The summed E-state index contributed by atoms with van der Waals surface area (Å²) in [6.07, 6.45) is 1.46. The van der Waals surface area contributed by atoms with Crippen LogP contribution in [-0.2, 0) is 4.84 Å². The first-order valence-corrected chi connectivity index (χ1v) is 1.95. The van der Waals surface area contributed by atoms with Crippen LogP contribution in [0, 0.1) is 5.41 Å². The van der Waals surface area contributed by atoms with Crippen LogP contribution in [0.1, 0.15) is 0 Å². The molecule has 0 aromatic carbocycles. The monoisotopic (exact) mass is 88.0 g/mol. The third kappa shape index (κ3) is 0.560. The fourth-order valence-corrected chi connectivity index (χ4v) is 0.361. The molecule has 1 rings (SSSR count). The third-order valence-corrected chi connectivity index (χ3v) is 0.649. The Morgan fingerprint density at radius 1 is 2.00 bits per heavy atom. The van der Waals surface area contributed by atoms with Gasteiger partial charge in [-0.25, -0.2) is 0 Å². The van der Waals surface area contributed by atoms with Crippen molar-refractivity contribution < 1.29 is 4.84 Å². The minimum atomic E-state index is 1.30. The lowest BCUT2D eigenvalue weighted by Crippen LogP contribution is -1.88. The number of hydrogen-bond acceptors (Lipinski definition) is 3. The first kappa shape index (κ1) is 3.06. The maximum atomic E-state index is 4.42. The normalized spacial score (nSPS) is 19.2. The zero-order valence-corrected chi connectivity index (χ0v) is 3.21. The van der Waals surface area contributed by atoms with E-state index in [-0.39, 0.29) is 0 Å². The van der Waals surface area contributed by atoms with Crippen LogP contribution in [0.5, 0.6) is 0 Å². The second-order valence-corrected chi connectivity index (χ2v) is 1.15. The molecule has 1 N–H and O–H groups in total. The van der Waals surface area contributed by atoms with Crippen LogP contribution in [0.2, 0.25) is 0 Å². The second kappa shape index (κ2) is 1.33. The third-order valence-electron chi connectivity index (χ3n) is 0.256. The van der Waals surface area contributed by atoms with E-state index in [0.29, 0.717) is 0 Å². The molecule has 1 aliphatic heterocycles. The van der Waals surface area contributed by atoms with Crippen LogP contribution in [0.4, 0.5) is 0 Å². The van der Waals surface area contributed by atoms with E-state index in [0.717, 1.165) is 0 Å². The van der Waals surface area contributed by atoms with E-state index in [1.165, 1.54) is 18.2 Å². The van der Waals surface area contributed by atoms with E-state index >= 15 is 0 Å². The summed E-state index contributed by atoms with van der Waals surface area (Å²) in [6, 6.07) is 0. The average molecular weight is 88.1 g/mol. The number of hydrogen-bond donors (Lipinski definition) is 1. The topological polar surface area (TPSA) is 21.3 Å². The first-order valence-electron chi connectivity index (χ1n) is 1.14. The molecule has 0 aliphatic carbocycles. The van der Waals surface area contributed by atoms with Gasteiger partial charge in [-0.1, -0.05) is 4.89 Å². The maximum Gasteiger partial charge on any atom is 0.128 e. The van der Waals surface area contributed by atoms with E-state index in [9.17, 15) is 0 Å². The summed E-state index contributed by atoms with van der Waals surface area (Å²) >= 11 is 1.30. The molecule has 0 unspecified atom stereocenters. The first-order chi connectivity index (χ1) is 2.50. The highest BCUT2D eigenvalue weighted by molar-refractivity contribution is 7.99. The van der Waals surface area contributed by atoms with Crippen molar-refractivity contribution in [3.63, 3.8) is 0 Å². The lowest BCUT2D eigenvalue weighted by molar-refractivity contribution is 0.223. The van der Waals surface area contributed by atoms with Gasteiger partial charge in [0.2, 0.25) is 0 Å². The van der Waals surface area contributed by atoms with Gasteiger partial charge in [-0.15, -0.1) is 0 Å². The standard InChI is InChI=1S/C2H2NOS/c1-2-5-3-4-1/h1,3H. The molecule has 1 radical (unpaired) electrons. The molecule has 27 valence electrons. The van der Waals surface area contributed by atoms with E-state index in [1.54, 1.807) is 0 Å². The van der Waals surface area contributed by atoms with Gasteiger partial charge in [0.05, 0.1) is 5.41 Å². The molecule has 2 nitrogen and oxygen atoms in total. The summed E-state index contributed by atoms with van der Waals surface area (Å²) < 4.78 is 0. The molecule has 3 heteroatoms. The van der Waals surface area contributed by atoms with Crippen molar-refractivity contribution in [2.75, 3.05) is 0 Å². The van der Waals surface area contributed by atoms with Crippen molar-refractivity contribution >= 4 is 11.9 Å². The van der Waals surface area contributed by atoms with Crippen molar-refractivity contribution in [2.45, 2.75) is 0 Å². The van der Waals surface area contributed by atoms with Crippen LogP contribution in [-0.4, -0.2) is 0 Å². The van der Waals surface area contributed by atoms with Crippen LogP contribution >= 0.6 is 11.9 Å². The quantitative estimate of drug-likeness (QED) is 0.434. The Morgan fingerprint density at radius 3 is 3.20 bits per heavy atom. The second-order valence-electron chi connectivity index (χ2n) is 0.539. The van der Waals surface area contributed by atoms with Crippen molar-refractivity contribution in [3.05, 3.63) is 11.7 Å². The Balaban J connectivity index is 2.32. The average Bonchev–Trinajstić information content (AvgIpc) is 1.76. The molecule has 0 fully saturated rings. The van der Waals surface area contributed by atoms with Gasteiger partial charge < -0.3 is 4.84 Å². The summed E-state index contributed by atoms with van der Waals surface area (Å²) in [4.78, 5) is 6.89. The molecule has 0 aromatic rings. The van der Waals surface area contributed by atoms with Gasteiger partial charge in [-0.2, -0.15) is 0 Å². The predicted molar refractivity (Wildman–Crippen MR) is 19.6 cm³/mol. The molecular formula is C2H2NOS. The fraction of sp³-hybridized carbons (Fsp3) is 0. The van der Waals surface area contributed by atoms with E-state index < -0.39 is 0 Å². The Labute approximate surface area is 34.3 Å². The zero-order chi connectivity index (χ0) is 3.54. The zero-order valence-electron chi connectivity index (χ0n) is 2.39. The summed E-state index contributed by atoms with van der Waals surface area (Å²) in [6.45, 7) is 0. The fourth-order valence-electron chi connectivity index (χ4n) is 0.120. The largest absolute Gasteiger partial charge is 0.404 e. The Kier molecular flexibility index (Phi) is 0.813. The van der Waals surface area contributed by atoms with E-state index in [2.05, 4.69) is 15.1 Å². The Bertz CT molecular complexity index is 47.6. The van der Waals surface area contributed by atoms with Gasteiger partial charge in [0.1, 0.15) is 6.26 Å². The highest BCUT2D eigenvalue weighted by Crippen LogP contribution is 1.99. The van der Waals surface area contributed by atoms with Gasteiger partial charge in [0.15, 0.2) is 0 Å². The molecule has 1 heterocycles. The van der Waals surface area contributed by atoms with E-state index in [1.807, 2.05) is 0 Å². The summed E-state index contributed by atoms with van der Waals surface area (Å²) in [7, 11) is 0. The minimum Gasteiger partial charge on any atom is -0.404 e. The van der Waals surface area contributed by atoms with Crippen molar-refractivity contribution in [1.82, 2.24) is 4.89 Å². The van der Waals surface area contributed by atoms with Crippen LogP contribution in [0.25, 0.3) is 0 Å². The highest BCUT2D eigenvalue weighted by Gasteiger charge is 1.84. The van der Waals surface area contributed by atoms with Crippen molar-refractivity contribution in [2.24, 2.45) is 0 Å². The van der Waals surface area contributed by atoms with E-state index in [4.69, 9.17) is 0 Å². The van der Waals surface area contributed by atoms with Gasteiger partial charge in [-0.05, 0) is 11.9 Å². The molecule has 5 heavy (non-hydrogen) atoms. The number of nitrogens with one attached hydrogen (secondary N) is 1. The van der Waals surface area contributed by atoms with Crippen molar-refractivity contribution in [1.29, 1.82) is 0 Å². The molecule has 0 saturated heterocycles. The minimum absolute atomic E-state index is 1.30. The number of rotatable bonds is 0. The molecule has 0 bridgehead atoms. The SMILES string of the molecule is [C]1=CONS1. The van der Waals surface area contributed by atoms with Crippen molar-refractivity contribution in [3.8, 4) is 0 Å². The maximum absolute atomic E-state index is 4.42. The van der Waals surface area contributed by atoms with Gasteiger partial charge >= 0.3 is 0 Å². The lowest BCUT2D eigenvalue weighted by Gasteiger charge is -1.80. The Hall–Kier alpha value is -0.150. The lowest BCUT2D eigenvalue weighted by atomic mass is 11.2. The molecule has 0 spiro atoms. The van der Waals surface area contributed by atoms with Gasteiger partial charge in [0, 0.05) is 0 Å². The Morgan fingerprint density at radius 2 is 3.00 bits per heavy atom. The molecule has 0 atom stereocenters. The van der Waals surface area contributed by atoms with Crippen LogP contribution in [0.15, 0.2) is 6.26 Å².